The molecule has 0 fully saturated rings. The summed E-state index contributed by atoms with van der Waals surface area (Å²) in [5.74, 6) is -0.312. The van der Waals surface area contributed by atoms with E-state index in [0.29, 0.717) is 17.0 Å². The van der Waals surface area contributed by atoms with E-state index in [9.17, 15) is 9.59 Å². The van der Waals surface area contributed by atoms with Gasteiger partial charge in [-0.1, -0.05) is 17.3 Å². The van der Waals surface area contributed by atoms with Crippen molar-refractivity contribution in [3.8, 4) is 0 Å². The molecule has 24 heavy (non-hydrogen) atoms. The minimum Gasteiger partial charge on any atom is -0.356 e. The summed E-state index contributed by atoms with van der Waals surface area (Å²) < 4.78 is 5.20. The van der Waals surface area contributed by atoms with Crippen molar-refractivity contribution < 1.29 is 14.1 Å². The number of amides is 2. The van der Waals surface area contributed by atoms with Gasteiger partial charge in [-0.25, -0.2) is 0 Å². The van der Waals surface area contributed by atoms with Crippen LogP contribution < -0.4 is 10.6 Å². The standard InChI is InChI=1S/C18H17N3O3/c1-11-9-13(7-8-15(11)19-12(2)22)20-18(23)10-16-14-5-3-4-6-17(14)24-21-16/h3-9H,10H2,1-2H3,(H,19,22)(H,20,23). The lowest BCUT2D eigenvalue weighted by atomic mass is 10.1. The smallest absolute Gasteiger partial charge is 0.230 e. The fraction of sp³-hybridized carbons (Fsp3) is 0.167. The molecule has 3 rings (SSSR count). The zero-order chi connectivity index (χ0) is 17.1. The normalized spacial score (nSPS) is 10.6. The third-order valence-electron chi connectivity index (χ3n) is 3.60. The molecule has 0 spiro atoms. The Balaban J connectivity index is 1.71. The van der Waals surface area contributed by atoms with Crippen LogP contribution in [0.25, 0.3) is 11.0 Å². The summed E-state index contributed by atoms with van der Waals surface area (Å²) >= 11 is 0. The molecule has 1 aromatic heterocycles. The van der Waals surface area contributed by atoms with Crippen LogP contribution in [-0.2, 0) is 16.0 Å². The van der Waals surface area contributed by atoms with Crippen molar-refractivity contribution in [1.29, 1.82) is 0 Å². The van der Waals surface area contributed by atoms with Gasteiger partial charge in [0, 0.05) is 23.7 Å². The van der Waals surface area contributed by atoms with E-state index in [1.54, 1.807) is 12.1 Å². The number of hydrogen-bond donors (Lipinski definition) is 2. The zero-order valence-electron chi connectivity index (χ0n) is 13.4. The summed E-state index contributed by atoms with van der Waals surface area (Å²) in [7, 11) is 0. The Kier molecular flexibility index (Phi) is 4.29. The molecule has 6 heteroatoms. The Bertz CT molecular complexity index is 915. The van der Waals surface area contributed by atoms with Crippen molar-refractivity contribution in [2.45, 2.75) is 20.3 Å². The van der Waals surface area contributed by atoms with Crippen LogP contribution in [0.15, 0.2) is 47.0 Å². The first-order chi connectivity index (χ1) is 11.5. The molecule has 2 aromatic carbocycles. The Morgan fingerprint density at radius 1 is 1.12 bits per heavy atom. The lowest BCUT2D eigenvalue weighted by Gasteiger charge is -2.09. The van der Waals surface area contributed by atoms with Gasteiger partial charge in [0.15, 0.2) is 5.58 Å². The van der Waals surface area contributed by atoms with Gasteiger partial charge in [0.05, 0.1) is 6.42 Å². The lowest BCUT2D eigenvalue weighted by Crippen LogP contribution is -2.15. The molecule has 0 aliphatic heterocycles. The number of benzene rings is 2. The van der Waals surface area contributed by atoms with Gasteiger partial charge in [-0.05, 0) is 42.8 Å². The van der Waals surface area contributed by atoms with E-state index in [2.05, 4.69) is 15.8 Å². The first-order valence-electron chi connectivity index (χ1n) is 7.54. The number of para-hydroxylation sites is 1. The average molecular weight is 323 g/mol. The number of anilines is 2. The molecular formula is C18H17N3O3. The van der Waals surface area contributed by atoms with Crippen LogP contribution in [0.4, 0.5) is 11.4 Å². The number of hydrogen-bond acceptors (Lipinski definition) is 4. The van der Waals surface area contributed by atoms with Crippen LogP contribution in [0, 0.1) is 6.92 Å². The molecule has 0 aliphatic rings. The first-order valence-corrected chi connectivity index (χ1v) is 7.54. The molecule has 0 atom stereocenters. The minimum absolute atomic E-state index is 0.128. The Morgan fingerprint density at radius 2 is 1.92 bits per heavy atom. The highest BCUT2D eigenvalue weighted by Gasteiger charge is 2.12. The summed E-state index contributed by atoms with van der Waals surface area (Å²) in [6, 6.07) is 12.7. The number of rotatable bonds is 4. The van der Waals surface area contributed by atoms with E-state index in [1.165, 1.54) is 6.92 Å². The van der Waals surface area contributed by atoms with E-state index < -0.39 is 0 Å². The summed E-state index contributed by atoms with van der Waals surface area (Å²) in [6.45, 7) is 3.32. The summed E-state index contributed by atoms with van der Waals surface area (Å²) in [5.41, 5.74) is 3.53. The molecule has 2 amide bonds. The van der Waals surface area contributed by atoms with Gasteiger partial charge in [0.1, 0.15) is 5.69 Å². The van der Waals surface area contributed by atoms with Gasteiger partial charge in [-0.3, -0.25) is 9.59 Å². The summed E-state index contributed by atoms with van der Waals surface area (Å²) in [4.78, 5) is 23.4. The highest BCUT2D eigenvalue weighted by atomic mass is 16.5. The molecule has 6 nitrogen and oxygen atoms in total. The van der Waals surface area contributed by atoms with E-state index in [1.807, 2.05) is 37.3 Å². The molecule has 3 aromatic rings. The number of carbonyl (C=O) groups excluding carboxylic acids is 2. The monoisotopic (exact) mass is 323 g/mol. The molecule has 0 radical (unpaired) electrons. The van der Waals surface area contributed by atoms with Crippen LogP contribution in [-0.4, -0.2) is 17.0 Å². The predicted octanol–water partition coefficient (Wildman–Crippen LogP) is 3.28. The van der Waals surface area contributed by atoms with E-state index in [0.717, 1.165) is 16.6 Å². The van der Waals surface area contributed by atoms with E-state index >= 15 is 0 Å². The molecule has 0 saturated carbocycles. The second-order valence-electron chi connectivity index (χ2n) is 5.56. The average Bonchev–Trinajstić information content (AvgIpc) is 2.93. The number of nitrogens with zero attached hydrogens (tertiary/aromatic N) is 1. The number of aromatic nitrogens is 1. The topological polar surface area (TPSA) is 84.2 Å². The Labute approximate surface area is 138 Å². The van der Waals surface area contributed by atoms with E-state index in [4.69, 9.17) is 4.52 Å². The van der Waals surface area contributed by atoms with Crippen molar-refractivity contribution in [2.75, 3.05) is 10.6 Å². The molecule has 122 valence electrons. The fourth-order valence-corrected chi connectivity index (χ4v) is 2.49. The van der Waals surface area contributed by atoms with Gasteiger partial charge in [-0.15, -0.1) is 0 Å². The fourth-order valence-electron chi connectivity index (χ4n) is 2.49. The first kappa shape index (κ1) is 15.7. The van der Waals surface area contributed by atoms with E-state index in [-0.39, 0.29) is 18.2 Å². The maximum atomic E-state index is 12.2. The van der Waals surface area contributed by atoms with Gasteiger partial charge in [-0.2, -0.15) is 0 Å². The quantitative estimate of drug-likeness (QED) is 0.772. The van der Waals surface area contributed by atoms with Crippen molar-refractivity contribution in [3.63, 3.8) is 0 Å². The van der Waals surface area contributed by atoms with Crippen LogP contribution >= 0.6 is 0 Å². The maximum Gasteiger partial charge on any atom is 0.230 e. The Morgan fingerprint density at radius 3 is 2.67 bits per heavy atom. The van der Waals surface area contributed by atoms with Gasteiger partial charge < -0.3 is 15.2 Å². The molecular weight excluding hydrogens is 306 g/mol. The second-order valence-corrected chi connectivity index (χ2v) is 5.56. The van der Waals surface area contributed by atoms with Gasteiger partial charge in [0.2, 0.25) is 11.8 Å². The molecule has 2 N–H and O–H groups in total. The van der Waals surface area contributed by atoms with Crippen LogP contribution in [0.5, 0.6) is 0 Å². The Hall–Kier alpha value is -3.15. The predicted molar refractivity (Wildman–Crippen MR) is 91.8 cm³/mol. The molecule has 0 unspecified atom stereocenters. The highest BCUT2D eigenvalue weighted by Crippen LogP contribution is 2.21. The van der Waals surface area contributed by atoms with Crippen molar-refractivity contribution in [2.24, 2.45) is 0 Å². The maximum absolute atomic E-state index is 12.2. The SMILES string of the molecule is CC(=O)Nc1ccc(NC(=O)Cc2noc3ccccc23)cc1C. The third kappa shape index (κ3) is 3.43. The van der Waals surface area contributed by atoms with Crippen LogP contribution in [0.1, 0.15) is 18.2 Å². The highest BCUT2D eigenvalue weighted by molar-refractivity contribution is 5.95. The van der Waals surface area contributed by atoms with Crippen LogP contribution in [0.3, 0.4) is 0 Å². The van der Waals surface area contributed by atoms with Gasteiger partial charge >= 0.3 is 0 Å². The summed E-state index contributed by atoms with van der Waals surface area (Å²) in [5, 5.41) is 10.4. The van der Waals surface area contributed by atoms with Gasteiger partial charge in [0.25, 0.3) is 0 Å². The molecule has 0 saturated heterocycles. The second kappa shape index (κ2) is 6.54. The van der Waals surface area contributed by atoms with Crippen LogP contribution in [0.2, 0.25) is 0 Å². The minimum atomic E-state index is -0.180. The molecule has 0 bridgehead atoms. The number of aryl methyl sites for hydroxylation is 1. The van der Waals surface area contributed by atoms with Crippen molar-refractivity contribution in [1.82, 2.24) is 5.16 Å². The zero-order valence-corrected chi connectivity index (χ0v) is 13.4. The van der Waals surface area contributed by atoms with Crippen molar-refractivity contribution >= 4 is 34.2 Å². The number of fused-ring (bicyclic) bond motifs is 1. The lowest BCUT2D eigenvalue weighted by molar-refractivity contribution is -0.116. The van der Waals surface area contributed by atoms with Crippen molar-refractivity contribution in [3.05, 3.63) is 53.7 Å². The number of nitrogens with one attached hydrogen (secondary N) is 2. The third-order valence-corrected chi connectivity index (χ3v) is 3.60. The molecule has 1 heterocycles. The molecule has 0 aliphatic carbocycles. The largest absolute Gasteiger partial charge is 0.356 e. The summed E-state index contributed by atoms with van der Waals surface area (Å²) in [6.07, 6.45) is 0.128. The number of carbonyl (C=O) groups is 2.